The van der Waals surface area contributed by atoms with Crippen LogP contribution in [0.1, 0.15) is 45.7 Å². The van der Waals surface area contributed by atoms with Gasteiger partial charge in [0, 0.05) is 13.2 Å². The van der Waals surface area contributed by atoms with Crippen LogP contribution in [0, 0.1) is 0 Å². The fourth-order valence-corrected chi connectivity index (χ4v) is 2.72. The Morgan fingerprint density at radius 3 is 1.79 bits per heavy atom. The zero-order valence-electron chi connectivity index (χ0n) is 16.6. The highest BCUT2D eigenvalue weighted by Crippen LogP contribution is 2.22. The third-order valence-electron chi connectivity index (χ3n) is 4.01. The predicted octanol–water partition coefficient (Wildman–Crippen LogP) is 2.27. The summed E-state index contributed by atoms with van der Waals surface area (Å²) in [5, 5.41) is 19.1. The zero-order valence-corrected chi connectivity index (χ0v) is 16.6. The first kappa shape index (κ1) is 24.0. The second-order valence-electron chi connectivity index (χ2n) is 5.85. The van der Waals surface area contributed by atoms with Crippen LogP contribution < -0.4 is 0 Å². The SMILES string of the molecule is CCOCCOCCc1ccc(C(=O)O)c(CCOCCOCC)c1C(=O)O. The summed E-state index contributed by atoms with van der Waals surface area (Å²) in [6.45, 7) is 7.21. The van der Waals surface area contributed by atoms with Crippen LogP contribution in [0.25, 0.3) is 0 Å². The number of benzene rings is 1. The highest BCUT2D eigenvalue weighted by atomic mass is 16.5. The van der Waals surface area contributed by atoms with E-state index >= 15 is 0 Å². The molecule has 1 aromatic carbocycles. The van der Waals surface area contributed by atoms with Gasteiger partial charge in [0.25, 0.3) is 0 Å². The lowest BCUT2D eigenvalue weighted by Crippen LogP contribution is -2.17. The van der Waals surface area contributed by atoms with E-state index in [-0.39, 0.29) is 29.7 Å². The Labute approximate surface area is 165 Å². The zero-order chi connectivity index (χ0) is 20.8. The molecule has 0 radical (unpaired) electrons. The maximum absolute atomic E-state index is 11.9. The van der Waals surface area contributed by atoms with E-state index in [0.29, 0.717) is 58.2 Å². The number of rotatable bonds is 16. The van der Waals surface area contributed by atoms with Crippen LogP contribution in [0.2, 0.25) is 0 Å². The van der Waals surface area contributed by atoms with Crippen LogP contribution in [-0.4, -0.2) is 75.0 Å². The van der Waals surface area contributed by atoms with Gasteiger partial charge >= 0.3 is 11.9 Å². The van der Waals surface area contributed by atoms with Gasteiger partial charge in [-0.2, -0.15) is 0 Å². The van der Waals surface area contributed by atoms with Gasteiger partial charge in [-0.25, -0.2) is 9.59 Å². The number of hydrogen-bond acceptors (Lipinski definition) is 6. The molecule has 158 valence electrons. The minimum absolute atomic E-state index is 0.0155. The van der Waals surface area contributed by atoms with Crippen LogP contribution in [-0.2, 0) is 31.8 Å². The maximum Gasteiger partial charge on any atom is 0.336 e. The molecule has 0 aliphatic heterocycles. The van der Waals surface area contributed by atoms with Crippen molar-refractivity contribution in [3.05, 3.63) is 34.4 Å². The highest BCUT2D eigenvalue weighted by molar-refractivity contribution is 5.97. The monoisotopic (exact) mass is 398 g/mol. The molecule has 0 spiro atoms. The van der Waals surface area contributed by atoms with Gasteiger partial charge in [0.05, 0.1) is 50.8 Å². The Balaban J connectivity index is 2.84. The molecular formula is C20H30O8. The van der Waals surface area contributed by atoms with Crippen LogP contribution in [0.4, 0.5) is 0 Å². The maximum atomic E-state index is 11.9. The molecule has 0 fully saturated rings. The molecule has 28 heavy (non-hydrogen) atoms. The van der Waals surface area contributed by atoms with Gasteiger partial charge in [0.2, 0.25) is 0 Å². The van der Waals surface area contributed by atoms with Crippen molar-refractivity contribution in [3.8, 4) is 0 Å². The molecule has 0 saturated carbocycles. The molecule has 0 unspecified atom stereocenters. The van der Waals surface area contributed by atoms with E-state index in [0.717, 1.165) is 0 Å². The van der Waals surface area contributed by atoms with Crippen molar-refractivity contribution in [2.45, 2.75) is 26.7 Å². The van der Waals surface area contributed by atoms with E-state index in [2.05, 4.69) is 0 Å². The molecular weight excluding hydrogens is 368 g/mol. The van der Waals surface area contributed by atoms with Gasteiger partial charge in [0.1, 0.15) is 0 Å². The summed E-state index contributed by atoms with van der Waals surface area (Å²) in [7, 11) is 0. The number of hydrogen-bond donors (Lipinski definition) is 2. The summed E-state index contributed by atoms with van der Waals surface area (Å²) in [5.74, 6) is -2.32. The van der Waals surface area contributed by atoms with Crippen molar-refractivity contribution < 1.29 is 38.7 Å². The molecule has 0 aliphatic rings. The van der Waals surface area contributed by atoms with E-state index in [9.17, 15) is 19.8 Å². The summed E-state index contributed by atoms with van der Waals surface area (Å²) in [6.07, 6.45) is 0.556. The number of carboxylic acid groups (broad SMARTS) is 2. The van der Waals surface area contributed by atoms with Crippen LogP contribution >= 0.6 is 0 Å². The first-order valence-electron chi connectivity index (χ1n) is 9.45. The van der Waals surface area contributed by atoms with Gasteiger partial charge in [-0.3, -0.25) is 0 Å². The Hall–Kier alpha value is -2.00. The summed E-state index contributed by atoms with van der Waals surface area (Å²) in [5.41, 5.74) is 0.801. The smallest absolute Gasteiger partial charge is 0.336 e. The van der Waals surface area contributed by atoms with Gasteiger partial charge in [0.15, 0.2) is 0 Å². The second kappa shape index (κ2) is 14.1. The highest BCUT2D eigenvalue weighted by Gasteiger charge is 2.22. The van der Waals surface area contributed by atoms with Gasteiger partial charge in [-0.1, -0.05) is 6.07 Å². The molecule has 2 N–H and O–H groups in total. The lowest BCUT2D eigenvalue weighted by molar-refractivity contribution is 0.0530. The Morgan fingerprint density at radius 2 is 1.29 bits per heavy atom. The van der Waals surface area contributed by atoms with Crippen molar-refractivity contribution in [1.29, 1.82) is 0 Å². The van der Waals surface area contributed by atoms with Crippen molar-refractivity contribution in [2.24, 2.45) is 0 Å². The summed E-state index contributed by atoms with van der Waals surface area (Å²) in [6, 6.07) is 2.98. The van der Waals surface area contributed by atoms with Gasteiger partial charge in [-0.15, -0.1) is 0 Å². The normalized spacial score (nSPS) is 10.9. The first-order valence-corrected chi connectivity index (χ1v) is 9.45. The topological polar surface area (TPSA) is 112 Å². The van der Waals surface area contributed by atoms with Crippen molar-refractivity contribution >= 4 is 11.9 Å². The van der Waals surface area contributed by atoms with Crippen molar-refractivity contribution in [2.75, 3.05) is 52.9 Å². The molecule has 0 bridgehead atoms. The van der Waals surface area contributed by atoms with E-state index in [4.69, 9.17) is 18.9 Å². The number of carbonyl (C=O) groups is 2. The summed E-state index contributed by atoms with van der Waals surface area (Å²) < 4.78 is 21.2. The average molecular weight is 398 g/mol. The van der Waals surface area contributed by atoms with Crippen LogP contribution in [0.5, 0.6) is 0 Å². The largest absolute Gasteiger partial charge is 0.478 e. The average Bonchev–Trinajstić information content (AvgIpc) is 2.66. The van der Waals surface area contributed by atoms with Crippen molar-refractivity contribution in [1.82, 2.24) is 0 Å². The van der Waals surface area contributed by atoms with Crippen LogP contribution in [0.3, 0.4) is 0 Å². The minimum atomic E-state index is -1.16. The fourth-order valence-electron chi connectivity index (χ4n) is 2.72. The molecule has 8 heteroatoms. The molecule has 0 aromatic heterocycles. The fraction of sp³-hybridized carbons (Fsp3) is 0.600. The second-order valence-corrected chi connectivity index (χ2v) is 5.85. The molecule has 1 aromatic rings. The Kier molecular flexibility index (Phi) is 12.1. The van der Waals surface area contributed by atoms with E-state index in [1.165, 1.54) is 12.1 Å². The summed E-state index contributed by atoms with van der Waals surface area (Å²) >= 11 is 0. The van der Waals surface area contributed by atoms with Crippen molar-refractivity contribution in [3.63, 3.8) is 0 Å². The molecule has 0 aliphatic carbocycles. The van der Waals surface area contributed by atoms with Crippen LogP contribution in [0.15, 0.2) is 12.1 Å². The molecule has 8 nitrogen and oxygen atoms in total. The molecule has 0 amide bonds. The number of aromatic carboxylic acids is 2. The molecule has 0 heterocycles. The predicted molar refractivity (Wildman–Crippen MR) is 102 cm³/mol. The number of ether oxygens (including phenoxy) is 4. The Morgan fingerprint density at radius 1 is 0.750 bits per heavy atom. The van der Waals surface area contributed by atoms with Gasteiger partial charge in [-0.05, 0) is 43.9 Å². The van der Waals surface area contributed by atoms with E-state index in [1.807, 2.05) is 13.8 Å². The lowest BCUT2D eigenvalue weighted by Gasteiger charge is -2.15. The minimum Gasteiger partial charge on any atom is -0.478 e. The standard InChI is InChI=1S/C20H30O8/c1-3-25-11-13-27-9-7-15-5-6-17(19(21)22)16(18(15)20(23)24)8-10-28-14-12-26-4-2/h5-6H,3-4,7-14H2,1-2H3,(H,21,22)(H,23,24). The van der Waals surface area contributed by atoms with E-state index < -0.39 is 11.9 Å². The third-order valence-corrected chi connectivity index (χ3v) is 4.01. The molecule has 0 atom stereocenters. The van der Waals surface area contributed by atoms with E-state index in [1.54, 1.807) is 0 Å². The first-order chi connectivity index (χ1) is 13.5. The quantitative estimate of drug-likeness (QED) is 0.408. The summed E-state index contributed by atoms with van der Waals surface area (Å²) in [4.78, 5) is 23.4. The molecule has 0 saturated heterocycles. The third kappa shape index (κ3) is 8.35. The molecule has 1 rings (SSSR count). The van der Waals surface area contributed by atoms with Gasteiger partial charge < -0.3 is 29.2 Å². The lowest BCUT2D eigenvalue weighted by atomic mass is 9.92. The number of carboxylic acids is 2. The Bertz CT molecular complexity index is 614.